The van der Waals surface area contributed by atoms with Crippen LogP contribution >= 0.6 is 0 Å². The Morgan fingerprint density at radius 2 is 0.641 bits per heavy atom. The van der Waals surface area contributed by atoms with Crippen molar-refractivity contribution in [3.8, 4) is 189 Å². The predicted octanol–water partition coefficient (Wildman–Crippen LogP) is 2.24. The fourth-order valence-corrected chi connectivity index (χ4v) is 17.0. The highest BCUT2D eigenvalue weighted by molar-refractivity contribution is 6.22. The molecule has 50 heteroatoms. The fraction of sp³-hybridized carbons (Fsp3) is 0.173. The third kappa shape index (κ3) is 11.9. The Morgan fingerprint density at radius 1 is 0.305 bits per heavy atom. The van der Waals surface area contributed by atoms with E-state index in [9.17, 15) is 157 Å². The van der Waals surface area contributed by atoms with Crippen LogP contribution in [0.25, 0.3) is 39.0 Å². The highest BCUT2D eigenvalue weighted by Gasteiger charge is 2.77. The summed E-state index contributed by atoms with van der Waals surface area (Å²) in [7, 11) is 0. The molecule has 8 aliphatic heterocycles. The summed E-state index contributed by atoms with van der Waals surface area (Å²) in [5.41, 5.74) is -30.8. The zero-order valence-corrected chi connectivity index (χ0v) is 64.0. The number of hydrogen-bond acceptors (Lipinski definition) is 50. The average Bonchev–Trinajstić information content (AvgIpc) is 1.50. The predicted molar refractivity (Wildman–Crippen MR) is 402 cm³/mol. The van der Waals surface area contributed by atoms with Crippen molar-refractivity contribution in [1.82, 2.24) is 0 Å². The third-order valence-corrected chi connectivity index (χ3v) is 22.9. The molecule has 28 N–H and O–H groups in total. The number of rotatable bonds is 6. The molecule has 9 aromatic rings. The molecule has 0 aromatic heterocycles. The summed E-state index contributed by atoms with van der Waals surface area (Å²) in [6.45, 7) is -3.93. The fourth-order valence-electron chi connectivity index (χ4n) is 17.0. The summed E-state index contributed by atoms with van der Waals surface area (Å²) >= 11 is 0. The highest BCUT2D eigenvalue weighted by atomic mass is 16.7. The molecular weight excluding hydrogens is 1770 g/mol. The van der Waals surface area contributed by atoms with E-state index in [1.807, 2.05) is 0 Å². The molecule has 0 saturated carbocycles. The molecule has 0 amide bonds. The smallest absolute Gasteiger partial charge is 0.339 e. The molecule has 1 aliphatic carbocycles. The van der Waals surface area contributed by atoms with Crippen LogP contribution in [0, 0.1) is 5.92 Å². The number of ketones is 1. The monoisotopic (exact) mass is 1820 g/mol. The lowest BCUT2D eigenvalue weighted by atomic mass is 9.66. The van der Waals surface area contributed by atoms with Gasteiger partial charge < -0.3 is 195 Å². The van der Waals surface area contributed by atoms with Gasteiger partial charge >= 0.3 is 59.7 Å². The molecule has 12 atom stereocenters. The van der Waals surface area contributed by atoms with Crippen molar-refractivity contribution >= 4 is 71.0 Å². The molecule has 676 valence electrons. The number of carbonyl (C=O) groups is 11. The largest absolute Gasteiger partial charge is 0.504 e. The van der Waals surface area contributed by atoms with E-state index >= 15 is 38.4 Å². The average molecular weight is 1830 g/mol. The lowest BCUT2D eigenvalue weighted by Crippen LogP contribution is -2.65. The number of fused-ring (bicyclic) bond motifs is 12. The van der Waals surface area contributed by atoms with E-state index in [0.29, 0.717) is 12.1 Å². The number of carbonyl (C=O) groups excluding carboxylic acids is 11. The number of aliphatic hydroxyl groups is 2. The quantitative estimate of drug-likeness (QED) is 0.0645. The number of phenols is 26. The van der Waals surface area contributed by atoms with Gasteiger partial charge in [-0.3, -0.25) is 9.59 Å². The van der Waals surface area contributed by atoms with Crippen molar-refractivity contribution in [1.29, 1.82) is 0 Å². The van der Waals surface area contributed by atoms with E-state index in [0.717, 1.165) is 0 Å². The topological polar surface area (TPSA) is 856 Å². The van der Waals surface area contributed by atoms with Gasteiger partial charge in [-0.15, -0.1) is 0 Å². The minimum atomic E-state index is -3.85. The Hall–Kier alpha value is -18.5. The highest BCUT2D eigenvalue weighted by Crippen LogP contribution is 2.68. The lowest BCUT2D eigenvalue weighted by molar-refractivity contribution is -0.200. The lowest BCUT2D eigenvalue weighted by Gasteiger charge is -2.47. The van der Waals surface area contributed by atoms with Crippen LogP contribution in [-0.2, 0) is 57.0 Å². The summed E-state index contributed by atoms with van der Waals surface area (Å²) in [6, 6.07) is 1.86. The molecule has 0 unspecified atom stereocenters. The van der Waals surface area contributed by atoms with Crippen LogP contribution in [-0.4, -0.2) is 276 Å². The standard InChI is InChI=1S/C81H52O50/c82-20-1-12(2-21(83)44(20)91)71(111)123-29-10-121-72(112)13-3-22(84)45(92)52(99)31(13)33-15(5-24(86)47(94)54(33)101)75(115)125-63(29)68-66-42-37-19(9-28(90)51(98)65(37)131-81(42)43(80(120)127-66)40(61(108)70(81)110)36-18(78(118)129-68)8-27(89)50(97)57(36)104)74(114)124-30-11-122-73(113)14-4-23(85)46(93)53(100)32(14)34-16(6-25(87)48(95)55(34)102)76(116)126-64(30)69-67-60(107)41-39(79(119)128-67)38(58(105)62(109)59(41)106)35-17(77(117)130-69)7-26(88)49(96)56(35)103/h1-9,29-30,42-43,60,63-64,66-69,82-109H,10-11H2/t29-,30+,42-,43-,60-,63-,64+,66+,67+,68+,69-,81-/m1/s1. The number of benzene rings is 9. The number of aliphatic hydroxyl groups excluding tert-OH is 2. The molecule has 0 radical (unpaired) electrons. The molecule has 131 heavy (non-hydrogen) atoms. The SMILES string of the molecule is O=C(O[C@@H]1COC(=O)c2cc(O)c(O)c(O)c2-c2c(cc(O)c(O)c2O)C(=O)O[C@H]1[C@@H]1OC(=O)c2cc(O)c(O)c(O)c2C2=C(O)C(=O)[C@@]34Oc5c(O)c(O)cc(C(=O)O[C@H]6COC(=O)c7cc(O)c(O)c(O)c7-c7c(cc(O)c(O)c7O)C(=O)O[C@@H]6[C@H]6OC(=O)c7cc(O)c(O)c(O)c7-c7c(O)c(O)c(O)c8c7C(=O)O[C@H]6[C@@H]8O)c5[C@@H]3[C@@H]1OC(=O)[C@@H]24)c1cc(O)c(O)c(O)c1. The Labute approximate surface area is 717 Å². The first-order valence-electron chi connectivity index (χ1n) is 36.9. The summed E-state index contributed by atoms with van der Waals surface area (Å²) < 4.78 is 64.8. The van der Waals surface area contributed by atoms with Gasteiger partial charge in [0.15, 0.2) is 164 Å². The van der Waals surface area contributed by atoms with Crippen LogP contribution in [0.3, 0.4) is 0 Å². The van der Waals surface area contributed by atoms with Crippen LogP contribution in [0.4, 0.5) is 0 Å². The van der Waals surface area contributed by atoms with Crippen molar-refractivity contribution in [3.63, 3.8) is 0 Å². The zero-order chi connectivity index (χ0) is 94.9. The first-order valence-corrected chi connectivity index (χ1v) is 36.9. The van der Waals surface area contributed by atoms with Gasteiger partial charge in [0.1, 0.15) is 25.2 Å². The van der Waals surface area contributed by atoms with Crippen LogP contribution < -0.4 is 4.74 Å². The summed E-state index contributed by atoms with van der Waals surface area (Å²) in [5.74, 6) is -75.9. The Morgan fingerprint density at radius 3 is 1.06 bits per heavy atom. The van der Waals surface area contributed by atoms with Gasteiger partial charge in [0.25, 0.3) is 0 Å². The van der Waals surface area contributed by atoms with Gasteiger partial charge in [0.2, 0.25) is 57.4 Å². The van der Waals surface area contributed by atoms with Gasteiger partial charge in [-0.2, -0.15) is 0 Å². The van der Waals surface area contributed by atoms with Crippen molar-refractivity contribution < 1.29 is 248 Å². The maximum Gasteiger partial charge on any atom is 0.339 e. The summed E-state index contributed by atoms with van der Waals surface area (Å²) in [6.07, 6.45) is -29.3. The summed E-state index contributed by atoms with van der Waals surface area (Å²) in [5, 5.41) is 319. The molecule has 1 saturated heterocycles. The van der Waals surface area contributed by atoms with Crippen molar-refractivity contribution in [3.05, 3.63) is 127 Å². The number of ether oxygens (including phenoxy) is 11. The van der Waals surface area contributed by atoms with Crippen molar-refractivity contribution in [2.45, 2.75) is 66.5 Å². The molecule has 8 bridgehead atoms. The Balaban J connectivity index is 0.916. The van der Waals surface area contributed by atoms with Gasteiger partial charge in [-0.25, -0.2) is 43.2 Å². The number of Topliss-reactive ketones (excluding diaryl/α,β-unsaturated/α-hetero) is 1. The molecule has 8 heterocycles. The molecule has 1 fully saturated rings. The van der Waals surface area contributed by atoms with Gasteiger partial charge in [0, 0.05) is 55.6 Å². The van der Waals surface area contributed by atoms with Crippen LogP contribution in [0.5, 0.6) is 155 Å². The van der Waals surface area contributed by atoms with Crippen LogP contribution in [0.2, 0.25) is 0 Å². The van der Waals surface area contributed by atoms with Crippen molar-refractivity contribution in [2.75, 3.05) is 13.2 Å². The van der Waals surface area contributed by atoms with E-state index in [1.165, 1.54) is 0 Å². The first-order chi connectivity index (χ1) is 61.7. The molecule has 9 aromatic carbocycles. The molecule has 9 aliphatic rings. The van der Waals surface area contributed by atoms with E-state index < -0.39 is 418 Å². The number of aromatic hydroxyl groups is 26. The van der Waals surface area contributed by atoms with Gasteiger partial charge in [-0.05, 0) is 54.6 Å². The van der Waals surface area contributed by atoms with Crippen molar-refractivity contribution in [2.24, 2.45) is 5.92 Å². The Bertz CT molecular complexity index is 6890. The van der Waals surface area contributed by atoms with E-state index in [4.69, 9.17) is 52.1 Å². The maximum atomic E-state index is 16.6. The van der Waals surface area contributed by atoms with Crippen LogP contribution in [0.1, 0.15) is 122 Å². The second-order valence-corrected chi connectivity index (χ2v) is 29.9. The zero-order valence-electron chi connectivity index (χ0n) is 64.0. The number of cyclic esters (lactones) is 5. The minimum Gasteiger partial charge on any atom is -0.504 e. The van der Waals surface area contributed by atoms with Gasteiger partial charge in [-0.1, -0.05) is 0 Å². The third-order valence-electron chi connectivity index (χ3n) is 22.9. The minimum absolute atomic E-state index is 0.0682. The number of phenolic OH excluding ortho intramolecular Hbond substituents is 26. The maximum absolute atomic E-state index is 16.6. The Kier molecular flexibility index (Phi) is 18.8. The molecule has 1 spiro atoms. The van der Waals surface area contributed by atoms with E-state index in [2.05, 4.69) is 0 Å². The van der Waals surface area contributed by atoms with Gasteiger partial charge in [0.05, 0.1) is 56.0 Å². The number of hydrogen-bond donors (Lipinski definition) is 28. The molecular formula is C81H52O50. The second-order valence-electron chi connectivity index (χ2n) is 29.9. The second kappa shape index (κ2) is 29.0. The van der Waals surface area contributed by atoms with E-state index in [-0.39, 0.29) is 42.5 Å². The number of esters is 10. The molecule has 50 nitrogen and oxygen atoms in total. The summed E-state index contributed by atoms with van der Waals surface area (Å²) in [4.78, 5) is 171. The van der Waals surface area contributed by atoms with Crippen LogP contribution in [0.15, 0.2) is 60.4 Å². The normalized spacial score (nSPS) is 22.8. The van der Waals surface area contributed by atoms with E-state index in [1.54, 1.807) is 0 Å². The molecule has 18 rings (SSSR count). The first kappa shape index (κ1) is 84.7.